The first-order valence-corrected chi connectivity index (χ1v) is 5.45. The fourth-order valence-corrected chi connectivity index (χ4v) is 1.83. The Hall–Kier alpha value is -2.57. The number of nitrogens with one attached hydrogen (secondary N) is 1. The number of amides is 3. The first-order chi connectivity index (χ1) is 8.86. The molecule has 1 saturated heterocycles. The minimum Gasteiger partial charge on any atom is -0.478 e. The van der Waals surface area contributed by atoms with Crippen LogP contribution in [-0.4, -0.2) is 34.5 Å². The molecular formula is C12H12N2O5. The maximum absolute atomic E-state index is 12.2. The molecule has 7 heteroatoms. The van der Waals surface area contributed by atoms with Crippen molar-refractivity contribution >= 4 is 17.9 Å². The Kier molecular flexibility index (Phi) is 2.89. The molecule has 0 bridgehead atoms. The largest absolute Gasteiger partial charge is 0.478 e. The van der Waals surface area contributed by atoms with Gasteiger partial charge >= 0.3 is 12.0 Å². The fraction of sp³-hybridized carbons (Fsp3) is 0.250. The van der Waals surface area contributed by atoms with E-state index in [-0.39, 0.29) is 17.9 Å². The molecule has 7 nitrogen and oxygen atoms in total. The second kappa shape index (κ2) is 4.27. The molecule has 2 heterocycles. The molecule has 0 aliphatic carbocycles. The van der Waals surface area contributed by atoms with Gasteiger partial charge in [0.05, 0.1) is 12.8 Å². The summed E-state index contributed by atoms with van der Waals surface area (Å²) >= 11 is 0. The van der Waals surface area contributed by atoms with E-state index < -0.39 is 23.4 Å². The van der Waals surface area contributed by atoms with E-state index >= 15 is 0 Å². The van der Waals surface area contributed by atoms with E-state index in [1.54, 1.807) is 12.1 Å². The summed E-state index contributed by atoms with van der Waals surface area (Å²) in [5, 5.41) is 11.2. The van der Waals surface area contributed by atoms with Crippen molar-refractivity contribution < 1.29 is 23.9 Å². The topological polar surface area (TPSA) is 99.9 Å². The van der Waals surface area contributed by atoms with Gasteiger partial charge in [0.15, 0.2) is 5.54 Å². The summed E-state index contributed by atoms with van der Waals surface area (Å²) in [6, 6.07) is 2.48. The highest BCUT2D eigenvalue weighted by atomic mass is 16.4. The minimum atomic E-state index is -1.32. The van der Waals surface area contributed by atoms with Crippen LogP contribution in [0.2, 0.25) is 0 Å². The summed E-state index contributed by atoms with van der Waals surface area (Å²) in [4.78, 5) is 35.5. The molecule has 2 N–H and O–H groups in total. The highest BCUT2D eigenvalue weighted by molar-refractivity contribution is 6.07. The van der Waals surface area contributed by atoms with Gasteiger partial charge in [-0.25, -0.2) is 9.59 Å². The second-order valence-corrected chi connectivity index (χ2v) is 4.33. The van der Waals surface area contributed by atoms with Crippen LogP contribution in [0.3, 0.4) is 0 Å². The van der Waals surface area contributed by atoms with Crippen LogP contribution in [0.25, 0.3) is 0 Å². The molecule has 1 aliphatic heterocycles. The lowest BCUT2D eigenvalue weighted by atomic mass is 9.99. The van der Waals surface area contributed by atoms with Gasteiger partial charge in [-0.15, -0.1) is 0 Å². The Bertz CT molecular complexity index is 563. The summed E-state index contributed by atoms with van der Waals surface area (Å²) in [6.45, 7) is 4.43. The number of imide groups is 1. The van der Waals surface area contributed by atoms with Crippen molar-refractivity contribution in [2.24, 2.45) is 0 Å². The van der Waals surface area contributed by atoms with Gasteiger partial charge in [-0.2, -0.15) is 0 Å². The number of carbonyl (C=O) groups excluding carboxylic acids is 2. The van der Waals surface area contributed by atoms with Crippen LogP contribution in [0.4, 0.5) is 4.79 Å². The van der Waals surface area contributed by atoms with Gasteiger partial charge in [-0.05, 0) is 19.1 Å². The SMILES string of the molecule is C=C(CN1C(=O)NC(C)(c2ccco2)C1=O)C(=O)O. The van der Waals surface area contributed by atoms with E-state index in [1.807, 2.05) is 0 Å². The van der Waals surface area contributed by atoms with Crippen molar-refractivity contribution in [1.82, 2.24) is 10.2 Å². The number of carboxylic acid groups (broad SMARTS) is 1. The van der Waals surface area contributed by atoms with Crippen molar-refractivity contribution in [3.05, 3.63) is 36.3 Å². The Balaban J connectivity index is 2.26. The number of nitrogens with zero attached hydrogens (tertiary/aromatic N) is 1. The average Bonchev–Trinajstić information content (AvgIpc) is 2.93. The lowest BCUT2D eigenvalue weighted by Crippen LogP contribution is -2.40. The van der Waals surface area contributed by atoms with Crippen LogP contribution in [0.15, 0.2) is 35.0 Å². The van der Waals surface area contributed by atoms with E-state index in [2.05, 4.69) is 11.9 Å². The standard InChI is InChI=1S/C12H12N2O5/c1-7(9(15)16)6-14-10(17)12(2,13-11(14)18)8-4-3-5-19-8/h3-5H,1,6H2,2H3,(H,13,18)(H,15,16). The normalized spacial score (nSPS) is 22.5. The fourth-order valence-electron chi connectivity index (χ4n) is 1.83. The van der Waals surface area contributed by atoms with E-state index in [1.165, 1.54) is 13.2 Å². The van der Waals surface area contributed by atoms with Crippen molar-refractivity contribution in [2.75, 3.05) is 6.54 Å². The molecule has 2 rings (SSSR count). The predicted molar refractivity (Wildman–Crippen MR) is 63.1 cm³/mol. The molecule has 1 fully saturated rings. The lowest BCUT2D eigenvalue weighted by Gasteiger charge is -2.18. The van der Waals surface area contributed by atoms with E-state index in [0.29, 0.717) is 0 Å². The third-order valence-electron chi connectivity index (χ3n) is 2.94. The monoisotopic (exact) mass is 264 g/mol. The summed E-state index contributed by atoms with van der Waals surface area (Å²) in [6.07, 6.45) is 1.39. The molecule has 3 amide bonds. The molecule has 0 spiro atoms. The summed E-state index contributed by atoms with van der Waals surface area (Å²) in [5.41, 5.74) is -1.56. The highest BCUT2D eigenvalue weighted by Gasteiger charge is 2.51. The van der Waals surface area contributed by atoms with Crippen molar-refractivity contribution in [2.45, 2.75) is 12.5 Å². The first-order valence-electron chi connectivity index (χ1n) is 5.45. The number of carbonyl (C=O) groups is 3. The van der Waals surface area contributed by atoms with Gasteiger partial charge in [0.1, 0.15) is 5.76 Å². The number of carboxylic acids is 1. The Morgan fingerprint density at radius 3 is 2.79 bits per heavy atom. The van der Waals surface area contributed by atoms with Crippen LogP contribution in [0, 0.1) is 0 Å². The minimum absolute atomic E-state index is 0.243. The molecule has 1 aromatic rings. The zero-order chi connectivity index (χ0) is 14.2. The van der Waals surface area contributed by atoms with E-state index in [4.69, 9.17) is 9.52 Å². The smallest absolute Gasteiger partial charge is 0.332 e. The lowest BCUT2D eigenvalue weighted by molar-refractivity contribution is -0.133. The summed E-state index contributed by atoms with van der Waals surface area (Å²) in [7, 11) is 0. The zero-order valence-corrected chi connectivity index (χ0v) is 10.2. The second-order valence-electron chi connectivity index (χ2n) is 4.33. The first kappa shape index (κ1) is 12.9. The molecule has 100 valence electrons. The molecule has 0 saturated carbocycles. The molecule has 1 aromatic heterocycles. The van der Waals surface area contributed by atoms with Crippen LogP contribution >= 0.6 is 0 Å². The van der Waals surface area contributed by atoms with Gasteiger partial charge in [0, 0.05) is 5.57 Å². The molecule has 0 radical (unpaired) electrons. The van der Waals surface area contributed by atoms with Crippen LogP contribution in [0.5, 0.6) is 0 Å². The van der Waals surface area contributed by atoms with Gasteiger partial charge in [-0.1, -0.05) is 6.58 Å². The van der Waals surface area contributed by atoms with Crippen LogP contribution in [0.1, 0.15) is 12.7 Å². The number of aliphatic carboxylic acids is 1. The van der Waals surface area contributed by atoms with Gasteiger partial charge < -0.3 is 14.8 Å². The Labute approximate surface area is 108 Å². The summed E-state index contributed by atoms with van der Waals surface area (Å²) in [5.74, 6) is -1.55. The zero-order valence-electron chi connectivity index (χ0n) is 10.2. The third-order valence-corrected chi connectivity index (χ3v) is 2.94. The maximum atomic E-state index is 12.2. The molecule has 1 unspecified atom stereocenters. The van der Waals surface area contributed by atoms with Gasteiger partial charge in [0.2, 0.25) is 0 Å². The number of hydrogen-bond acceptors (Lipinski definition) is 4. The van der Waals surface area contributed by atoms with E-state index in [0.717, 1.165) is 4.90 Å². The van der Waals surface area contributed by atoms with Crippen molar-refractivity contribution in [3.8, 4) is 0 Å². The van der Waals surface area contributed by atoms with Crippen LogP contribution in [-0.2, 0) is 15.1 Å². The van der Waals surface area contributed by atoms with E-state index in [9.17, 15) is 14.4 Å². The molecule has 1 atom stereocenters. The molecular weight excluding hydrogens is 252 g/mol. The van der Waals surface area contributed by atoms with Crippen molar-refractivity contribution in [1.29, 1.82) is 0 Å². The maximum Gasteiger partial charge on any atom is 0.332 e. The quantitative estimate of drug-likeness (QED) is 0.615. The molecule has 0 aromatic carbocycles. The number of hydrogen-bond donors (Lipinski definition) is 2. The Morgan fingerprint density at radius 2 is 2.26 bits per heavy atom. The van der Waals surface area contributed by atoms with Gasteiger partial charge in [0.25, 0.3) is 5.91 Å². The number of urea groups is 1. The third kappa shape index (κ3) is 1.99. The van der Waals surface area contributed by atoms with Gasteiger partial charge in [-0.3, -0.25) is 9.69 Å². The average molecular weight is 264 g/mol. The highest BCUT2D eigenvalue weighted by Crippen LogP contribution is 2.29. The number of rotatable bonds is 4. The van der Waals surface area contributed by atoms with Crippen molar-refractivity contribution in [3.63, 3.8) is 0 Å². The van der Waals surface area contributed by atoms with Crippen LogP contribution < -0.4 is 5.32 Å². The molecule has 1 aliphatic rings. The summed E-state index contributed by atoms with van der Waals surface area (Å²) < 4.78 is 5.14. The molecule has 19 heavy (non-hydrogen) atoms. The predicted octanol–water partition coefficient (Wildman–Crippen LogP) is 0.687. The number of furan rings is 1. The Morgan fingerprint density at radius 1 is 1.58 bits per heavy atom.